The van der Waals surface area contributed by atoms with Gasteiger partial charge in [0, 0.05) is 11.4 Å². The lowest BCUT2D eigenvalue weighted by molar-refractivity contribution is 0.0936. The number of rotatable bonds is 5. The maximum atomic E-state index is 11.9. The lowest BCUT2D eigenvalue weighted by atomic mass is 10.1. The van der Waals surface area contributed by atoms with Crippen molar-refractivity contribution < 1.29 is 14.6 Å². The van der Waals surface area contributed by atoms with E-state index in [1.807, 2.05) is 6.92 Å². The molecule has 1 amide bonds. The van der Waals surface area contributed by atoms with Gasteiger partial charge >= 0.3 is 0 Å². The first-order chi connectivity index (χ1) is 8.08. The Morgan fingerprint density at radius 2 is 2.29 bits per heavy atom. The van der Waals surface area contributed by atoms with Gasteiger partial charge in [-0.05, 0) is 31.5 Å². The van der Waals surface area contributed by atoms with Crippen LogP contribution in [-0.2, 0) is 0 Å². The molecule has 2 N–H and O–H groups in total. The van der Waals surface area contributed by atoms with Crippen molar-refractivity contribution in [1.29, 1.82) is 0 Å². The Bertz CT molecular complexity index is 395. The zero-order chi connectivity index (χ0) is 12.8. The summed E-state index contributed by atoms with van der Waals surface area (Å²) in [6.45, 7) is 1.91. The predicted octanol–water partition coefficient (Wildman–Crippen LogP) is 2.30. The Morgan fingerprint density at radius 3 is 2.88 bits per heavy atom. The number of ether oxygens (including phenoxy) is 1. The number of hydrogen-bond acceptors (Lipinski definition) is 3. The highest BCUT2D eigenvalue weighted by molar-refractivity contribution is 9.09. The van der Waals surface area contributed by atoms with Gasteiger partial charge in [-0.15, -0.1) is 0 Å². The number of benzene rings is 1. The number of carbonyl (C=O) groups excluding carboxylic acids is 1. The summed E-state index contributed by atoms with van der Waals surface area (Å²) in [6, 6.07) is 4.62. The molecule has 0 saturated carbocycles. The number of alkyl halides is 1. The minimum atomic E-state index is -0.296. The first-order valence-electron chi connectivity index (χ1n) is 5.32. The number of halogens is 1. The Morgan fingerprint density at radius 1 is 1.59 bits per heavy atom. The van der Waals surface area contributed by atoms with Crippen molar-refractivity contribution in [2.75, 3.05) is 12.4 Å². The maximum Gasteiger partial charge on any atom is 0.255 e. The van der Waals surface area contributed by atoms with E-state index in [0.29, 0.717) is 5.75 Å². The SMILES string of the molecule is COc1ccc(O)c(C(=O)NC(C)CCBr)c1. The highest BCUT2D eigenvalue weighted by Crippen LogP contribution is 2.22. The zero-order valence-electron chi connectivity index (χ0n) is 9.87. The molecule has 1 atom stereocenters. The van der Waals surface area contributed by atoms with E-state index in [1.165, 1.54) is 19.2 Å². The monoisotopic (exact) mass is 301 g/mol. The van der Waals surface area contributed by atoms with E-state index in [1.54, 1.807) is 6.07 Å². The molecule has 0 aliphatic heterocycles. The average molecular weight is 302 g/mol. The summed E-state index contributed by atoms with van der Waals surface area (Å²) in [5, 5.41) is 13.2. The largest absolute Gasteiger partial charge is 0.507 e. The number of nitrogens with one attached hydrogen (secondary N) is 1. The zero-order valence-corrected chi connectivity index (χ0v) is 11.5. The Balaban J connectivity index is 2.80. The van der Waals surface area contributed by atoms with Gasteiger partial charge in [0.2, 0.25) is 0 Å². The van der Waals surface area contributed by atoms with Crippen LogP contribution < -0.4 is 10.1 Å². The van der Waals surface area contributed by atoms with Gasteiger partial charge in [-0.3, -0.25) is 4.79 Å². The molecule has 1 rings (SSSR count). The van der Waals surface area contributed by atoms with Crippen LogP contribution in [0.15, 0.2) is 18.2 Å². The van der Waals surface area contributed by atoms with E-state index in [9.17, 15) is 9.90 Å². The fourth-order valence-corrected chi connectivity index (χ4v) is 2.05. The molecule has 0 radical (unpaired) electrons. The first kappa shape index (κ1) is 13.8. The molecule has 0 aliphatic carbocycles. The molecule has 94 valence electrons. The molecule has 0 aromatic heterocycles. The van der Waals surface area contributed by atoms with Crippen LogP contribution in [-0.4, -0.2) is 29.5 Å². The van der Waals surface area contributed by atoms with Crippen molar-refractivity contribution in [3.05, 3.63) is 23.8 Å². The van der Waals surface area contributed by atoms with Crippen molar-refractivity contribution in [1.82, 2.24) is 5.32 Å². The fourth-order valence-electron chi connectivity index (χ4n) is 1.36. The normalized spacial score (nSPS) is 11.9. The lowest BCUT2D eigenvalue weighted by Crippen LogP contribution is -2.32. The topological polar surface area (TPSA) is 58.6 Å². The molecular weight excluding hydrogens is 286 g/mol. The standard InChI is InChI=1S/C12H16BrNO3/c1-8(5-6-13)14-12(16)10-7-9(17-2)3-4-11(10)15/h3-4,7-8,15H,5-6H2,1-2H3,(H,14,16). The van der Waals surface area contributed by atoms with Crippen molar-refractivity contribution in [2.24, 2.45) is 0 Å². The summed E-state index contributed by atoms with van der Waals surface area (Å²) >= 11 is 3.31. The van der Waals surface area contributed by atoms with Crippen LogP contribution in [0.1, 0.15) is 23.7 Å². The maximum absolute atomic E-state index is 11.9. The Hall–Kier alpha value is -1.23. The van der Waals surface area contributed by atoms with Gasteiger partial charge in [0.15, 0.2) is 0 Å². The van der Waals surface area contributed by atoms with E-state index < -0.39 is 0 Å². The summed E-state index contributed by atoms with van der Waals surface area (Å²) in [7, 11) is 1.52. The molecule has 0 aliphatic rings. The second-order valence-electron chi connectivity index (χ2n) is 3.74. The minimum absolute atomic E-state index is 0.0469. The third-order valence-corrected chi connectivity index (χ3v) is 2.83. The van der Waals surface area contributed by atoms with Gasteiger partial charge in [0.05, 0.1) is 12.7 Å². The van der Waals surface area contributed by atoms with Crippen LogP contribution in [0.25, 0.3) is 0 Å². The third kappa shape index (κ3) is 3.93. The number of aromatic hydroxyl groups is 1. The molecule has 0 heterocycles. The number of phenolic OH excluding ortho intramolecular Hbond substituents is 1. The molecule has 1 unspecified atom stereocenters. The summed E-state index contributed by atoms with van der Waals surface area (Å²) in [5.74, 6) is 0.199. The van der Waals surface area contributed by atoms with Gasteiger partial charge in [0.25, 0.3) is 5.91 Å². The molecule has 0 spiro atoms. The summed E-state index contributed by atoms with van der Waals surface area (Å²) in [5.41, 5.74) is 0.228. The van der Waals surface area contributed by atoms with Gasteiger partial charge in [0.1, 0.15) is 11.5 Å². The molecular formula is C12H16BrNO3. The first-order valence-corrected chi connectivity index (χ1v) is 6.44. The predicted molar refractivity (Wildman–Crippen MR) is 70.0 cm³/mol. The smallest absolute Gasteiger partial charge is 0.255 e. The molecule has 17 heavy (non-hydrogen) atoms. The minimum Gasteiger partial charge on any atom is -0.507 e. The Kier molecular flexibility index (Phi) is 5.28. The molecule has 5 heteroatoms. The van der Waals surface area contributed by atoms with E-state index >= 15 is 0 Å². The molecule has 0 saturated heterocycles. The molecule has 1 aromatic rings. The lowest BCUT2D eigenvalue weighted by Gasteiger charge is -2.13. The van der Waals surface area contributed by atoms with Crippen LogP contribution in [0, 0.1) is 0 Å². The summed E-state index contributed by atoms with van der Waals surface area (Å²) < 4.78 is 5.01. The van der Waals surface area contributed by atoms with Crippen LogP contribution >= 0.6 is 15.9 Å². The highest BCUT2D eigenvalue weighted by atomic mass is 79.9. The van der Waals surface area contributed by atoms with Crippen molar-refractivity contribution in [3.63, 3.8) is 0 Å². The van der Waals surface area contributed by atoms with Crippen molar-refractivity contribution in [3.8, 4) is 11.5 Å². The number of phenols is 1. The van der Waals surface area contributed by atoms with Crippen LogP contribution in [0.5, 0.6) is 11.5 Å². The number of hydrogen-bond donors (Lipinski definition) is 2. The molecule has 0 bridgehead atoms. The van der Waals surface area contributed by atoms with Gasteiger partial charge in [-0.2, -0.15) is 0 Å². The summed E-state index contributed by atoms with van der Waals surface area (Å²) in [4.78, 5) is 11.9. The van der Waals surface area contributed by atoms with E-state index in [-0.39, 0.29) is 23.3 Å². The Labute approximate surface area is 109 Å². The second-order valence-corrected chi connectivity index (χ2v) is 4.53. The molecule has 0 fully saturated rings. The van der Waals surface area contributed by atoms with Gasteiger partial charge in [-0.1, -0.05) is 15.9 Å². The van der Waals surface area contributed by atoms with E-state index in [0.717, 1.165) is 11.8 Å². The number of methoxy groups -OCH3 is 1. The number of amides is 1. The van der Waals surface area contributed by atoms with Crippen LogP contribution in [0.4, 0.5) is 0 Å². The molecule has 1 aromatic carbocycles. The van der Waals surface area contributed by atoms with Crippen molar-refractivity contribution in [2.45, 2.75) is 19.4 Å². The molecule has 4 nitrogen and oxygen atoms in total. The third-order valence-electron chi connectivity index (χ3n) is 2.37. The summed E-state index contributed by atoms with van der Waals surface area (Å²) in [6.07, 6.45) is 0.830. The highest BCUT2D eigenvalue weighted by Gasteiger charge is 2.14. The fraction of sp³-hybridized carbons (Fsp3) is 0.417. The van der Waals surface area contributed by atoms with Crippen LogP contribution in [0.2, 0.25) is 0 Å². The van der Waals surface area contributed by atoms with Crippen LogP contribution in [0.3, 0.4) is 0 Å². The van der Waals surface area contributed by atoms with E-state index in [2.05, 4.69) is 21.2 Å². The van der Waals surface area contributed by atoms with E-state index in [4.69, 9.17) is 4.74 Å². The van der Waals surface area contributed by atoms with Gasteiger partial charge in [-0.25, -0.2) is 0 Å². The van der Waals surface area contributed by atoms with Crippen molar-refractivity contribution >= 4 is 21.8 Å². The second kappa shape index (κ2) is 6.49. The number of carbonyl (C=O) groups is 1. The average Bonchev–Trinajstić information content (AvgIpc) is 2.29. The quantitative estimate of drug-likeness (QED) is 0.821. The van der Waals surface area contributed by atoms with Gasteiger partial charge < -0.3 is 15.2 Å².